The molecule has 1 aromatic heterocycles. The van der Waals surface area contributed by atoms with Crippen LogP contribution in [0.25, 0.3) is 0 Å². The number of esters is 1. The molecule has 4 nitrogen and oxygen atoms in total. The van der Waals surface area contributed by atoms with Crippen molar-refractivity contribution in [2.75, 3.05) is 6.61 Å². The number of alkyl halides is 2. The highest BCUT2D eigenvalue weighted by Crippen LogP contribution is 2.24. The van der Waals surface area contributed by atoms with E-state index >= 15 is 0 Å². The third-order valence-electron chi connectivity index (χ3n) is 2.06. The van der Waals surface area contributed by atoms with Crippen LogP contribution in [0.5, 0.6) is 0 Å². The maximum Gasteiger partial charge on any atom is 0.310 e. The molecule has 0 N–H and O–H groups in total. The second-order valence-electron chi connectivity index (χ2n) is 3.27. The molecule has 7 heteroatoms. The molecule has 0 atom stereocenters. The van der Waals surface area contributed by atoms with Crippen LogP contribution in [-0.4, -0.2) is 17.6 Å². The number of nitriles is 1. The van der Waals surface area contributed by atoms with Crippen molar-refractivity contribution < 1.29 is 18.3 Å². The van der Waals surface area contributed by atoms with Gasteiger partial charge in [0, 0.05) is 0 Å². The first kappa shape index (κ1) is 14.8. The van der Waals surface area contributed by atoms with E-state index in [0.29, 0.717) is 0 Å². The second kappa shape index (κ2) is 6.58. The molecule has 0 aliphatic carbocycles. The summed E-state index contributed by atoms with van der Waals surface area (Å²) in [5, 5.41) is 8.81. The highest BCUT2D eigenvalue weighted by molar-refractivity contribution is 14.1. The first-order valence-corrected chi connectivity index (χ1v) is 6.10. The number of hydrogen-bond donors (Lipinski definition) is 0. The lowest BCUT2D eigenvalue weighted by atomic mass is 10.1. The maximum absolute atomic E-state index is 12.8. The van der Waals surface area contributed by atoms with Gasteiger partial charge in [-0.15, -0.1) is 0 Å². The third kappa shape index (κ3) is 3.60. The van der Waals surface area contributed by atoms with Crippen molar-refractivity contribution in [2.45, 2.75) is 19.8 Å². The normalized spacial score (nSPS) is 10.2. The Hall–Kier alpha value is -1.30. The van der Waals surface area contributed by atoms with Gasteiger partial charge in [-0.3, -0.25) is 4.79 Å². The van der Waals surface area contributed by atoms with Crippen LogP contribution in [0.3, 0.4) is 0 Å². The molecular formula is C11H9F2IN2O2. The quantitative estimate of drug-likeness (QED) is 0.467. The van der Waals surface area contributed by atoms with Gasteiger partial charge in [0.25, 0.3) is 6.43 Å². The van der Waals surface area contributed by atoms with Gasteiger partial charge < -0.3 is 4.74 Å². The number of ether oxygens (including phenoxy) is 1. The van der Waals surface area contributed by atoms with Crippen molar-refractivity contribution in [3.05, 3.63) is 26.6 Å². The molecule has 1 heterocycles. The predicted molar refractivity (Wildman–Crippen MR) is 67.0 cm³/mol. The Morgan fingerprint density at radius 1 is 1.67 bits per heavy atom. The summed E-state index contributed by atoms with van der Waals surface area (Å²) < 4.78 is 30.4. The van der Waals surface area contributed by atoms with Gasteiger partial charge in [0.15, 0.2) is 0 Å². The summed E-state index contributed by atoms with van der Waals surface area (Å²) in [5.41, 5.74) is -0.286. The minimum absolute atomic E-state index is 0.0282. The van der Waals surface area contributed by atoms with Gasteiger partial charge in [-0.05, 0) is 41.1 Å². The molecule has 0 aliphatic rings. The van der Waals surface area contributed by atoms with Crippen LogP contribution >= 0.6 is 22.6 Å². The minimum Gasteiger partial charge on any atom is -0.466 e. The van der Waals surface area contributed by atoms with Crippen LogP contribution in [0.2, 0.25) is 0 Å². The van der Waals surface area contributed by atoms with Crippen molar-refractivity contribution in [1.82, 2.24) is 4.98 Å². The summed E-state index contributed by atoms with van der Waals surface area (Å²) >= 11 is 1.70. The van der Waals surface area contributed by atoms with E-state index in [1.807, 2.05) is 6.07 Å². The average molecular weight is 366 g/mol. The van der Waals surface area contributed by atoms with E-state index in [1.54, 1.807) is 29.5 Å². The molecule has 0 unspecified atom stereocenters. The van der Waals surface area contributed by atoms with Crippen molar-refractivity contribution in [3.8, 4) is 6.07 Å². The zero-order valence-corrected chi connectivity index (χ0v) is 11.6. The number of halogens is 3. The summed E-state index contributed by atoms with van der Waals surface area (Å²) in [6.07, 6.45) is -3.11. The Bertz CT molecular complexity index is 501. The summed E-state index contributed by atoms with van der Waals surface area (Å²) in [6.45, 7) is 1.80. The highest BCUT2D eigenvalue weighted by Gasteiger charge is 2.20. The van der Waals surface area contributed by atoms with Crippen LogP contribution in [0.15, 0.2) is 6.07 Å². The minimum atomic E-state index is -2.80. The summed E-state index contributed by atoms with van der Waals surface area (Å²) in [4.78, 5) is 15.0. The third-order valence-corrected chi connectivity index (χ3v) is 2.88. The largest absolute Gasteiger partial charge is 0.466 e. The van der Waals surface area contributed by atoms with Crippen LogP contribution < -0.4 is 0 Å². The smallest absolute Gasteiger partial charge is 0.310 e. The van der Waals surface area contributed by atoms with E-state index in [1.165, 1.54) is 6.07 Å². The van der Waals surface area contributed by atoms with E-state index in [2.05, 4.69) is 9.72 Å². The monoisotopic (exact) mass is 366 g/mol. The number of hydrogen-bond acceptors (Lipinski definition) is 4. The second-order valence-corrected chi connectivity index (χ2v) is 4.29. The molecule has 0 aromatic carbocycles. The lowest BCUT2D eigenvalue weighted by Gasteiger charge is -2.09. The van der Waals surface area contributed by atoms with Crippen LogP contribution in [0.1, 0.15) is 30.2 Å². The van der Waals surface area contributed by atoms with E-state index in [-0.39, 0.29) is 27.9 Å². The van der Waals surface area contributed by atoms with Gasteiger partial charge in [-0.1, -0.05) is 0 Å². The van der Waals surface area contributed by atoms with E-state index in [4.69, 9.17) is 5.26 Å². The van der Waals surface area contributed by atoms with E-state index < -0.39 is 18.1 Å². The van der Waals surface area contributed by atoms with Crippen LogP contribution in [0, 0.1) is 15.0 Å². The van der Waals surface area contributed by atoms with Gasteiger partial charge >= 0.3 is 5.97 Å². The molecule has 1 aromatic rings. The molecule has 0 saturated heterocycles. The highest BCUT2D eigenvalue weighted by atomic mass is 127. The molecule has 96 valence electrons. The van der Waals surface area contributed by atoms with E-state index in [9.17, 15) is 13.6 Å². The van der Waals surface area contributed by atoms with Gasteiger partial charge in [0.2, 0.25) is 0 Å². The van der Waals surface area contributed by atoms with Crippen molar-refractivity contribution in [2.24, 2.45) is 0 Å². The number of pyridine rings is 1. The number of aromatic nitrogens is 1. The summed E-state index contributed by atoms with van der Waals surface area (Å²) in [6, 6.07) is 3.10. The maximum atomic E-state index is 12.8. The Balaban J connectivity index is 3.15. The molecule has 0 aliphatic heterocycles. The fourth-order valence-electron chi connectivity index (χ4n) is 1.32. The fraction of sp³-hybridized carbons (Fsp3) is 0.364. The molecule has 0 amide bonds. The molecule has 18 heavy (non-hydrogen) atoms. The average Bonchev–Trinajstić information content (AvgIpc) is 2.30. The van der Waals surface area contributed by atoms with Gasteiger partial charge in [-0.2, -0.15) is 5.26 Å². The Kier molecular flexibility index (Phi) is 5.40. The number of carbonyl (C=O) groups is 1. The first-order chi connectivity index (χ1) is 8.49. The Morgan fingerprint density at radius 2 is 2.33 bits per heavy atom. The number of rotatable bonds is 4. The summed E-state index contributed by atoms with van der Waals surface area (Å²) in [7, 11) is 0. The molecule has 1 rings (SSSR count). The number of carbonyl (C=O) groups excluding carboxylic acids is 1. The molecule has 0 fully saturated rings. The Labute approximate surface area is 116 Å². The topological polar surface area (TPSA) is 63.0 Å². The van der Waals surface area contributed by atoms with Crippen molar-refractivity contribution in [3.63, 3.8) is 0 Å². The molecular weight excluding hydrogens is 357 g/mol. The molecule has 0 bridgehead atoms. The number of nitrogens with zero attached hydrogens (tertiary/aromatic N) is 2. The standard InChI is InChI=1S/C11H9F2IN2O2/c1-2-18-8(17)4-6-3-7(5-15)11(14)16-9(6)10(12)13/h3,10H,2,4H2,1H3. The first-order valence-electron chi connectivity index (χ1n) is 5.02. The molecule has 0 spiro atoms. The van der Waals surface area contributed by atoms with Gasteiger partial charge in [0.1, 0.15) is 15.5 Å². The fourth-order valence-corrected chi connectivity index (χ4v) is 1.86. The van der Waals surface area contributed by atoms with E-state index in [0.717, 1.165) is 0 Å². The van der Waals surface area contributed by atoms with Gasteiger partial charge in [0.05, 0.1) is 18.6 Å². The molecule has 0 radical (unpaired) electrons. The van der Waals surface area contributed by atoms with Crippen molar-refractivity contribution in [1.29, 1.82) is 5.26 Å². The Morgan fingerprint density at radius 3 is 2.83 bits per heavy atom. The zero-order chi connectivity index (χ0) is 13.7. The SMILES string of the molecule is CCOC(=O)Cc1cc(C#N)c(I)nc1C(F)F. The lowest BCUT2D eigenvalue weighted by Crippen LogP contribution is -2.11. The van der Waals surface area contributed by atoms with Crippen LogP contribution in [-0.2, 0) is 16.0 Å². The van der Waals surface area contributed by atoms with Crippen molar-refractivity contribution >= 4 is 28.6 Å². The predicted octanol–water partition coefficient (Wildman–Crippen LogP) is 2.60. The lowest BCUT2D eigenvalue weighted by molar-refractivity contribution is -0.142. The molecule has 0 saturated carbocycles. The zero-order valence-electron chi connectivity index (χ0n) is 9.41. The summed E-state index contributed by atoms with van der Waals surface area (Å²) in [5.74, 6) is -0.619. The van der Waals surface area contributed by atoms with Crippen LogP contribution in [0.4, 0.5) is 8.78 Å². The van der Waals surface area contributed by atoms with Gasteiger partial charge in [-0.25, -0.2) is 13.8 Å².